The first-order valence-electron chi connectivity index (χ1n) is 7.61. The average Bonchev–Trinajstić information content (AvgIpc) is 2.98. The molecule has 1 aromatic carbocycles. The molecular formula is C18H13N5O2. The summed E-state index contributed by atoms with van der Waals surface area (Å²) >= 11 is 0. The van der Waals surface area contributed by atoms with Gasteiger partial charge in [0.2, 0.25) is 0 Å². The van der Waals surface area contributed by atoms with Crippen molar-refractivity contribution in [3.63, 3.8) is 0 Å². The van der Waals surface area contributed by atoms with Crippen molar-refractivity contribution < 1.29 is 9.90 Å². The van der Waals surface area contributed by atoms with Crippen molar-refractivity contribution in [1.29, 1.82) is 0 Å². The highest BCUT2D eigenvalue weighted by atomic mass is 16.4. The van der Waals surface area contributed by atoms with Crippen molar-refractivity contribution in [2.75, 3.05) is 0 Å². The highest BCUT2D eigenvalue weighted by Gasteiger charge is 2.18. The second kappa shape index (κ2) is 5.79. The molecule has 7 nitrogen and oxygen atoms in total. The molecule has 0 unspecified atom stereocenters. The molecule has 0 aliphatic rings. The maximum atomic E-state index is 11.5. The molecule has 0 bridgehead atoms. The first-order valence-corrected chi connectivity index (χ1v) is 7.61. The minimum Gasteiger partial charge on any atom is -0.476 e. The third kappa shape index (κ3) is 2.61. The highest BCUT2D eigenvalue weighted by molar-refractivity contribution is 5.92. The van der Waals surface area contributed by atoms with E-state index in [-0.39, 0.29) is 11.5 Å². The number of hydrogen-bond donors (Lipinski definition) is 1. The molecule has 25 heavy (non-hydrogen) atoms. The first kappa shape index (κ1) is 14.9. The standard InChI is InChI=1S/C18H13N5O2/c1-11-7-8-14-20-16(18(24)25)17(23(14)10-11)22-21-13-6-2-4-12-5-3-9-19-15(12)13/h2-10H,1H3,(H,24,25). The lowest BCUT2D eigenvalue weighted by Gasteiger charge is -2.00. The van der Waals surface area contributed by atoms with Crippen LogP contribution in [0.4, 0.5) is 11.5 Å². The summed E-state index contributed by atoms with van der Waals surface area (Å²) in [5.41, 5.74) is 2.60. The van der Waals surface area contributed by atoms with Crippen LogP contribution in [0.3, 0.4) is 0 Å². The fraction of sp³-hybridized carbons (Fsp3) is 0.0556. The molecule has 0 spiro atoms. The van der Waals surface area contributed by atoms with Crippen LogP contribution < -0.4 is 0 Å². The summed E-state index contributed by atoms with van der Waals surface area (Å²) in [5.74, 6) is -0.967. The van der Waals surface area contributed by atoms with Gasteiger partial charge in [0.25, 0.3) is 0 Å². The third-order valence-electron chi connectivity index (χ3n) is 3.81. The van der Waals surface area contributed by atoms with Gasteiger partial charge in [0.15, 0.2) is 11.5 Å². The van der Waals surface area contributed by atoms with Gasteiger partial charge < -0.3 is 5.11 Å². The van der Waals surface area contributed by atoms with Crippen molar-refractivity contribution in [1.82, 2.24) is 14.4 Å². The highest BCUT2D eigenvalue weighted by Crippen LogP contribution is 2.28. The van der Waals surface area contributed by atoms with Crippen molar-refractivity contribution in [3.05, 3.63) is 66.1 Å². The molecule has 0 saturated carbocycles. The van der Waals surface area contributed by atoms with Gasteiger partial charge in [-0.15, -0.1) is 10.2 Å². The summed E-state index contributed by atoms with van der Waals surface area (Å²) in [7, 11) is 0. The number of pyridine rings is 2. The molecular weight excluding hydrogens is 318 g/mol. The number of fused-ring (bicyclic) bond motifs is 2. The fourth-order valence-electron chi connectivity index (χ4n) is 2.65. The van der Waals surface area contributed by atoms with Crippen molar-refractivity contribution >= 4 is 34.0 Å². The normalized spacial score (nSPS) is 11.6. The van der Waals surface area contributed by atoms with E-state index in [1.807, 2.05) is 37.3 Å². The number of para-hydroxylation sites is 1. The molecule has 0 aliphatic carbocycles. The largest absolute Gasteiger partial charge is 0.476 e. The zero-order valence-electron chi connectivity index (χ0n) is 13.3. The van der Waals surface area contributed by atoms with Crippen LogP contribution >= 0.6 is 0 Å². The van der Waals surface area contributed by atoms with E-state index in [1.54, 1.807) is 28.9 Å². The number of aromatic nitrogens is 3. The first-order chi connectivity index (χ1) is 12.1. The number of benzene rings is 1. The van der Waals surface area contributed by atoms with Crippen LogP contribution in [0.2, 0.25) is 0 Å². The lowest BCUT2D eigenvalue weighted by atomic mass is 10.2. The quantitative estimate of drug-likeness (QED) is 0.566. The Morgan fingerprint density at radius 3 is 2.80 bits per heavy atom. The maximum absolute atomic E-state index is 11.5. The number of aromatic carboxylic acids is 1. The minimum absolute atomic E-state index is 0.137. The fourth-order valence-corrected chi connectivity index (χ4v) is 2.65. The van der Waals surface area contributed by atoms with Gasteiger partial charge in [0.1, 0.15) is 11.3 Å². The predicted octanol–water partition coefficient (Wildman–Crippen LogP) is 4.30. The van der Waals surface area contributed by atoms with Crippen molar-refractivity contribution in [3.8, 4) is 0 Å². The molecule has 4 aromatic rings. The molecule has 3 heterocycles. The molecule has 0 radical (unpaired) electrons. The number of nitrogens with zero attached hydrogens (tertiary/aromatic N) is 5. The van der Waals surface area contributed by atoms with Gasteiger partial charge >= 0.3 is 5.97 Å². The number of rotatable bonds is 3. The maximum Gasteiger partial charge on any atom is 0.358 e. The van der Waals surface area contributed by atoms with E-state index in [0.29, 0.717) is 16.9 Å². The number of hydrogen-bond acceptors (Lipinski definition) is 5. The second-order valence-electron chi connectivity index (χ2n) is 5.58. The SMILES string of the molecule is Cc1ccc2nc(C(=O)O)c(N=Nc3cccc4cccnc34)n2c1. The van der Waals surface area contributed by atoms with E-state index < -0.39 is 5.97 Å². The second-order valence-corrected chi connectivity index (χ2v) is 5.58. The average molecular weight is 331 g/mol. The van der Waals surface area contributed by atoms with Crippen LogP contribution in [0.15, 0.2) is 65.1 Å². The monoisotopic (exact) mass is 331 g/mol. The van der Waals surface area contributed by atoms with Gasteiger partial charge in [-0.3, -0.25) is 9.38 Å². The zero-order chi connectivity index (χ0) is 17.4. The third-order valence-corrected chi connectivity index (χ3v) is 3.81. The summed E-state index contributed by atoms with van der Waals surface area (Å²) in [4.78, 5) is 20.0. The van der Waals surface area contributed by atoms with E-state index in [4.69, 9.17) is 0 Å². The van der Waals surface area contributed by atoms with Crippen LogP contribution in [-0.2, 0) is 0 Å². The summed E-state index contributed by atoms with van der Waals surface area (Å²) in [5, 5.41) is 18.8. The lowest BCUT2D eigenvalue weighted by molar-refractivity contribution is 0.0692. The molecule has 4 rings (SSSR count). The van der Waals surface area contributed by atoms with Gasteiger partial charge in [-0.1, -0.05) is 24.3 Å². The molecule has 7 heteroatoms. The Kier molecular flexibility index (Phi) is 3.46. The minimum atomic E-state index is -1.15. The van der Waals surface area contributed by atoms with Gasteiger partial charge in [-0.2, -0.15) is 0 Å². The molecule has 0 fully saturated rings. The Hall–Kier alpha value is -3.61. The van der Waals surface area contributed by atoms with Gasteiger partial charge in [0.05, 0.1) is 5.52 Å². The van der Waals surface area contributed by atoms with Crippen molar-refractivity contribution in [2.45, 2.75) is 6.92 Å². The Morgan fingerprint density at radius 1 is 1.12 bits per heavy atom. The number of carboxylic acids is 1. The van der Waals surface area contributed by atoms with Crippen LogP contribution in [0.25, 0.3) is 16.6 Å². The summed E-state index contributed by atoms with van der Waals surface area (Å²) in [6.07, 6.45) is 3.46. The number of carbonyl (C=O) groups is 1. The topological polar surface area (TPSA) is 92.2 Å². The summed E-state index contributed by atoms with van der Waals surface area (Å²) in [6, 6.07) is 13.0. The Balaban J connectivity index is 1.89. The van der Waals surface area contributed by atoms with Gasteiger partial charge in [0, 0.05) is 17.8 Å². The zero-order valence-corrected chi connectivity index (χ0v) is 13.3. The van der Waals surface area contributed by atoms with Crippen molar-refractivity contribution in [2.24, 2.45) is 10.2 Å². The van der Waals surface area contributed by atoms with Crippen LogP contribution in [0.5, 0.6) is 0 Å². The molecule has 1 N–H and O–H groups in total. The predicted molar refractivity (Wildman–Crippen MR) is 92.8 cm³/mol. The number of imidazole rings is 1. The van der Waals surface area contributed by atoms with Gasteiger partial charge in [-0.05, 0) is 30.7 Å². The molecule has 0 amide bonds. The Labute approximate surface area is 142 Å². The smallest absolute Gasteiger partial charge is 0.358 e. The molecule has 122 valence electrons. The van der Waals surface area contributed by atoms with E-state index in [0.717, 1.165) is 10.9 Å². The summed E-state index contributed by atoms with van der Waals surface area (Å²) in [6.45, 7) is 1.91. The molecule has 3 aromatic heterocycles. The number of carboxylic acid groups (broad SMARTS) is 1. The molecule has 0 atom stereocenters. The lowest BCUT2D eigenvalue weighted by Crippen LogP contribution is -1.96. The van der Waals surface area contributed by atoms with Crippen LogP contribution in [0.1, 0.15) is 16.1 Å². The van der Waals surface area contributed by atoms with Gasteiger partial charge in [-0.25, -0.2) is 9.78 Å². The molecule has 0 aliphatic heterocycles. The Morgan fingerprint density at radius 2 is 1.96 bits per heavy atom. The number of azo groups is 1. The number of aryl methyl sites for hydroxylation is 1. The van der Waals surface area contributed by atoms with Crippen LogP contribution in [-0.4, -0.2) is 25.4 Å². The van der Waals surface area contributed by atoms with E-state index in [1.165, 1.54) is 0 Å². The summed E-state index contributed by atoms with van der Waals surface area (Å²) < 4.78 is 1.63. The Bertz CT molecular complexity index is 1140. The van der Waals surface area contributed by atoms with E-state index in [2.05, 4.69) is 20.2 Å². The van der Waals surface area contributed by atoms with E-state index >= 15 is 0 Å². The molecule has 0 saturated heterocycles. The van der Waals surface area contributed by atoms with Crippen LogP contribution in [0, 0.1) is 6.92 Å². The van der Waals surface area contributed by atoms with E-state index in [9.17, 15) is 9.90 Å².